The zero-order chi connectivity index (χ0) is 17.1. The summed E-state index contributed by atoms with van der Waals surface area (Å²) in [4.78, 5) is 35.4. The smallest absolute Gasteiger partial charge is 0.308 e. The van der Waals surface area contributed by atoms with Crippen LogP contribution >= 0.6 is 0 Å². The highest BCUT2D eigenvalue weighted by Crippen LogP contribution is 2.26. The number of carbonyl (C=O) groups is 3. The van der Waals surface area contributed by atoms with Crippen molar-refractivity contribution in [2.45, 2.75) is 51.0 Å². The summed E-state index contributed by atoms with van der Waals surface area (Å²) in [6.07, 6.45) is 5.17. The van der Waals surface area contributed by atoms with Gasteiger partial charge in [-0.2, -0.15) is 0 Å². The number of hydrogen-bond acceptors (Lipinski definition) is 3. The summed E-state index contributed by atoms with van der Waals surface area (Å²) < 4.78 is 0. The standard InChI is InChI=1S/C18H22N2O4/c21-16-9-7-11-10-12(6-8-14(11)19-16)17(22)20-15-5-3-1-2-4-13(15)18(23)24/h6,8,10,13,15H,1-5,7,9H2,(H,19,21)(H,20,22)(H,23,24)/t13-,15-/m1/s1. The Morgan fingerprint density at radius 3 is 2.71 bits per heavy atom. The first kappa shape index (κ1) is 16.5. The lowest BCUT2D eigenvalue weighted by atomic mass is 9.94. The maximum absolute atomic E-state index is 12.6. The number of carboxylic acid groups (broad SMARTS) is 1. The first-order chi connectivity index (χ1) is 11.5. The highest BCUT2D eigenvalue weighted by molar-refractivity contribution is 5.98. The highest BCUT2D eigenvalue weighted by Gasteiger charge is 2.31. The third kappa shape index (κ3) is 3.58. The fourth-order valence-electron chi connectivity index (χ4n) is 3.55. The minimum absolute atomic E-state index is 0.0116. The van der Waals surface area contributed by atoms with Crippen LogP contribution in [0.3, 0.4) is 0 Å². The monoisotopic (exact) mass is 330 g/mol. The highest BCUT2D eigenvalue weighted by atomic mass is 16.4. The normalized spacial score (nSPS) is 23.6. The van der Waals surface area contributed by atoms with E-state index in [-0.39, 0.29) is 17.9 Å². The molecule has 0 saturated heterocycles. The number of nitrogens with one attached hydrogen (secondary N) is 2. The van der Waals surface area contributed by atoms with Gasteiger partial charge in [0.1, 0.15) is 0 Å². The van der Waals surface area contributed by atoms with Gasteiger partial charge in [-0.05, 0) is 43.0 Å². The molecule has 128 valence electrons. The average Bonchev–Trinajstić information content (AvgIpc) is 2.79. The molecule has 1 aliphatic carbocycles. The molecule has 1 fully saturated rings. The Kier molecular flexibility index (Phi) is 4.83. The number of aliphatic carboxylic acids is 1. The van der Waals surface area contributed by atoms with E-state index in [2.05, 4.69) is 10.6 Å². The first-order valence-electron chi connectivity index (χ1n) is 8.51. The second kappa shape index (κ2) is 7.03. The molecule has 6 heteroatoms. The molecule has 1 aliphatic heterocycles. The number of rotatable bonds is 3. The molecular formula is C18H22N2O4. The topological polar surface area (TPSA) is 95.5 Å². The van der Waals surface area contributed by atoms with Crippen LogP contribution in [0.4, 0.5) is 5.69 Å². The quantitative estimate of drug-likeness (QED) is 0.741. The molecule has 0 spiro atoms. The van der Waals surface area contributed by atoms with Crippen molar-refractivity contribution in [3.05, 3.63) is 29.3 Å². The summed E-state index contributed by atoms with van der Waals surface area (Å²) in [7, 11) is 0. The van der Waals surface area contributed by atoms with E-state index < -0.39 is 11.9 Å². The van der Waals surface area contributed by atoms with Crippen molar-refractivity contribution in [2.24, 2.45) is 5.92 Å². The van der Waals surface area contributed by atoms with E-state index in [0.29, 0.717) is 31.2 Å². The number of amides is 2. The minimum atomic E-state index is -0.838. The lowest BCUT2D eigenvalue weighted by Crippen LogP contribution is -2.42. The molecule has 24 heavy (non-hydrogen) atoms. The summed E-state index contributed by atoms with van der Waals surface area (Å²) in [5, 5.41) is 15.1. The summed E-state index contributed by atoms with van der Waals surface area (Å²) >= 11 is 0. The van der Waals surface area contributed by atoms with Crippen LogP contribution in [0.2, 0.25) is 0 Å². The van der Waals surface area contributed by atoms with Crippen molar-refractivity contribution in [1.82, 2.24) is 5.32 Å². The van der Waals surface area contributed by atoms with Crippen LogP contribution in [0.25, 0.3) is 0 Å². The molecule has 1 aromatic rings. The van der Waals surface area contributed by atoms with Crippen LogP contribution in [0.1, 0.15) is 54.4 Å². The van der Waals surface area contributed by atoms with Crippen LogP contribution in [0.5, 0.6) is 0 Å². The van der Waals surface area contributed by atoms with Gasteiger partial charge in [0.25, 0.3) is 5.91 Å². The van der Waals surface area contributed by atoms with Gasteiger partial charge in [0, 0.05) is 23.7 Å². The van der Waals surface area contributed by atoms with E-state index in [1.165, 1.54) is 0 Å². The SMILES string of the molecule is O=C1CCc2cc(C(=O)N[C@@H]3CCCCC[C@H]3C(=O)O)ccc2N1. The molecule has 1 heterocycles. The summed E-state index contributed by atoms with van der Waals surface area (Å²) in [6, 6.07) is 4.87. The van der Waals surface area contributed by atoms with Gasteiger partial charge in [-0.1, -0.05) is 19.3 Å². The predicted molar refractivity (Wildman–Crippen MR) is 88.9 cm³/mol. The summed E-state index contributed by atoms with van der Waals surface area (Å²) in [5.74, 6) is -1.61. The van der Waals surface area contributed by atoms with Crippen LogP contribution in [0.15, 0.2) is 18.2 Å². The fraction of sp³-hybridized carbons (Fsp3) is 0.500. The van der Waals surface area contributed by atoms with Crippen LogP contribution in [0, 0.1) is 5.92 Å². The number of aryl methyl sites for hydroxylation is 1. The molecule has 3 N–H and O–H groups in total. The summed E-state index contributed by atoms with van der Waals surface area (Å²) in [5.41, 5.74) is 2.21. The lowest BCUT2D eigenvalue weighted by Gasteiger charge is -2.23. The van der Waals surface area contributed by atoms with Crippen molar-refractivity contribution in [3.8, 4) is 0 Å². The van der Waals surface area contributed by atoms with Gasteiger partial charge in [-0.15, -0.1) is 0 Å². The van der Waals surface area contributed by atoms with Crippen molar-refractivity contribution < 1.29 is 19.5 Å². The minimum Gasteiger partial charge on any atom is -0.481 e. The molecule has 2 aliphatic rings. The Morgan fingerprint density at radius 2 is 1.92 bits per heavy atom. The second-order valence-corrected chi connectivity index (χ2v) is 6.58. The molecule has 0 unspecified atom stereocenters. The maximum Gasteiger partial charge on any atom is 0.308 e. The Labute approximate surface area is 140 Å². The van der Waals surface area contributed by atoms with Crippen molar-refractivity contribution in [3.63, 3.8) is 0 Å². The van der Waals surface area contributed by atoms with Gasteiger partial charge in [0.15, 0.2) is 0 Å². The molecule has 6 nitrogen and oxygen atoms in total. The Balaban J connectivity index is 1.74. The van der Waals surface area contributed by atoms with Crippen LogP contribution < -0.4 is 10.6 Å². The van der Waals surface area contributed by atoms with Gasteiger partial charge in [0.2, 0.25) is 5.91 Å². The third-order valence-electron chi connectivity index (χ3n) is 4.91. The second-order valence-electron chi connectivity index (χ2n) is 6.58. The predicted octanol–water partition coefficient (Wildman–Crippen LogP) is 2.33. The molecule has 0 bridgehead atoms. The molecule has 0 aromatic heterocycles. The molecule has 1 saturated carbocycles. The zero-order valence-electron chi connectivity index (χ0n) is 13.5. The van der Waals surface area contributed by atoms with E-state index in [9.17, 15) is 19.5 Å². The van der Waals surface area contributed by atoms with Crippen LogP contribution in [-0.2, 0) is 16.0 Å². The zero-order valence-corrected chi connectivity index (χ0v) is 13.5. The third-order valence-corrected chi connectivity index (χ3v) is 4.91. The molecule has 0 radical (unpaired) electrons. The average molecular weight is 330 g/mol. The molecule has 2 amide bonds. The van der Waals surface area contributed by atoms with Gasteiger partial charge in [-0.3, -0.25) is 14.4 Å². The van der Waals surface area contributed by atoms with E-state index in [4.69, 9.17) is 0 Å². The largest absolute Gasteiger partial charge is 0.481 e. The van der Waals surface area contributed by atoms with Gasteiger partial charge >= 0.3 is 5.97 Å². The van der Waals surface area contributed by atoms with Crippen molar-refractivity contribution >= 4 is 23.5 Å². The van der Waals surface area contributed by atoms with E-state index >= 15 is 0 Å². The van der Waals surface area contributed by atoms with E-state index in [1.807, 2.05) is 0 Å². The number of hydrogen-bond donors (Lipinski definition) is 3. The Bertz CT molecular complexity index is 671. The number of anilines is 1. The first-order valence-corrected chi connectivity index (χ1v) is 8.51. The molecule has 3 rings (SSSR count). The number of fused-ring (bicyclic) bond motifs is 1. The molecule has 2 atom stereocenters. The Morgan fingerprint density at radius 1 is 1.12 bits per heavy atom. The number of carboxylic acids is 1. The van der Waals surface area contributed by atoms with Crippen LogP contribution in [-0.4, -0.2) is 28.9 Å². The fourth-order valence-corrected chi connectivity index (χ4v) is 3.55. The lowest BCUT2D eigenvalue weighted by molar-refractivity contribution is -0.142. The van der Waals surface area contributed by atoms with Gasteiger partial charge in [-0.25, -0.2) is 0 Å². The maximum atomic E-state index is 12.6. The number of carbonyl (C=O) groups excluding carboxylic acids is 2. The molecular weight excluding hydrogens is 308 g/mol. The summed E-state index contributed by atoms with van der Waals surface area (Å²) in [6.45, 7) is 0. The van der Waals surface area contributed by atoms with E-state index in [1.54, 1.807) is 18.2 Å². The van der Waals surface area contributed by atoms with Gasteiger partial charge < -0.3 is 15.7 Å². The van der Waals surface area contributed by atoms with Gasteiger partial charge in [0.05, 0.1) is 5.92 Å². The molecule has 1 aromatic carbocycles. The Hall–Kier alpha value is -2.37. The number of benzene rings is 1. The van der Waals surface area contributed by atoms with Crippen molar-refractivity contribution in [2.75, 3.05) is 5.32 Å². The van der Waals surface area contributed by atoms with E-state index in [0.717, 1.165) is 30.5 Å². The van der Waals surface area contributed by atoms with Crippen molar-refractivity contribution in [1.29, 1.82) is 0 Å².